The number of hydrogen-bond acceptors (Lipinski definition) is 3. The number of amides is 1. The number of nitrogens with two attached hydrogens (primary N) is 1. The van der Waals surface area contributed by atoms with E-state index in [1.807, 2.05) is 32.9 Å². The van der Waals surface area contributed by atoms with Crippen molar-refractivity contribution >= 4 is 6.09 Å². The lowest BCUT2D eigenvalue weighted by Crippen LogP contribution is -2.41. The molecule has 1 aromatic carbocycles. The number of carbonyl (C=O) groups excluding carboxylic acids is 1. The number of alkyl carbamates (subject to hydrolysis) is 1. The molecule has 1 rings (SSSR count). The Bertz CT molecular complexity index is 424. The molecular formula is C15H24N2O2. The second-order valence-corrected chi connectivity index (χ2v) is 5.77. The lowest BCUT2D eigenvalue weighted by atomic mass is 10.0. The van der Waals surface area contributed by atoms with Crippen molar-refractivity contribution in [3.8, 4) is 0 Å². The third kappa shape index (κ3) is 6.25. The molecule has 1 amide bonds. The minimum absolute atomic E-state index is 0.117. The third-order valence-corrected chi connectivity index (χ3v) is 2.65. The number of nitrogens with one attached hydrogen (secondary N) is 1. The van der Waals surface area contributed by atoms with Crippen molar-refractivity contribution in [1.82, 2.24) is 5.32 Å². The standard InChI is InChI=1S/C15H24N2O2/c1-11-7-5-6-8-12(11)9-13(16)10-17-14(18)19-15(2,3)4/h5-8,13H,9-10,16H2,1-4H3,(H,17,18). The molecule has 4 heteroatoms. The molecule has 1 atom stereocenters. The van der Waals surface area contributed by atoms with E-state index in [2.05, 4.69) is 24.4 Å². The van der Waals surface area contributed by atoms with E-state index in [9.17, 15) is 4.79 Å². The van der Waals surface area contributed by atoms with E-state index in [0.29, 0.717) is 6.54 Å². The molecule has 0 aliphatic heterocycles. The summed E-state index contributed by atoms with van der Waals surface area (Å²) in [5.41, 5.74) is 7.96. The number of ether oxygens (including phenoxy) is 1. The quantitative estimate of drug-likeness (QED) is 0.877. The molecule has 0 aliphatic carbocycles. The molecule has 4 nitrogen and oxygen atoms in total. The molecule has 0 aliphatic rings. The summed E-state index contributed by atoms with van der Waals surface area (Å²) in [6, 6.07) is 8.00. The van der Waals surface area contributed by atoms with Crippen LogP contribution in [0.1, 0.15) is 31.9 Å². The van der Waals surface area contributed by atoms with Gasteiger partial charge in [-0.05, 0) is 45.2 Å². The molecule has 0 saturated heterocycles. The van der Waals surface area contributed by atoms with E-state index in [0.717, 1.165) is 6.42 Å². The molecule has 0 saturated carbocycles. The summed E-state index contributed by atoms with van der Waals surface area (Å²) in [5.74, 6) is 0. The van der Waals surface area contributed by atoms with Gasteiger partial charge in [0.15, 0.2) is 0 Å². The lowest BCUT2D eigenvalue weighted by molar-refractivity contribution is 0.0524. The van der Waals surface area contributed by atoms with E-state index in [1.165, 1.54) is 11.1 Å². The molecule has 3 N–H and O–H groups in total. The summed E-state index contributed by atoms with van der Waals surface area (Å²) in [4.78, 5) is 11.5. The predicted molar refractivity (Wildman–Crippen MR) is 77.1 cm³/mol. The lowest BCUT2D eigenvalue weighted by Gasteiger charge is -2.21. The number of benzene rings is 1. The van der Waals surface area contributed by atoms with Crippen molar-refractivity contribution in [3.05, 3.63) is 35.4 Å². The van der Waals surface area contributed by atoms with Crippen molar-refractivity contribution in [1.29, 1.82) is 0 Å². The Morgan fingerprint density at radius 2 is 2.00 bits per heavy atom. The van der Waals surface area contributed by atoms with Crippen LogP contribution in [0.4, 0.5) is 4.79 Å². The van der Waals surface area contributed by atoms with Crippen LogP contribution in [0.25, 0.3) is 0 Å². The van der Waals surface area contributed by atoms with Crippen LogP contribution in [0.2, 0.25) is 0 Å². The van der Waals surface area contributed by atoms with E-state index in [4.69, 9.17) is 10.5 Å². The molecule has 19 heavy (non-hydrogen) atoms. The first kappa shape index (κ1) is 15.5. The fourth-order valence-electron chi connectivity index (χ4n) is 1.72. The Balaban J connectivity index is 2.38. The number of carbonyl (C=O) groups is 1. The molecule has 1 aromatic rings. The average molecular weight is 264 g/mol. The highest BCUT2D eigenvalue weighted by molar-refractivity contribution is 5.67. The molecule has 1 unspecified atom stereocenters. The summed E-state index contributed by atoms with van der Waals surface area (Å²) in [7, 11) is 0. The van der Waals surface area contributed by atoms with Crippen LogP contribution in [0.5, 0.6) is 0 Å². The smallest absolute Gasteiger partial charge is 0.407 e. The maximum absolute atomic E-state index is 11.5. The highest BCUT2D eigenvalue weighted by Gasteiger charge is 2.16. The Labute approximate surface area is 115 Å². The van der Waals surface area contributed by atoms with Gasteiger partial charge in [0, 0.05) is 12.6 Å². The van der Waals surface area contributed by atoms with Gasteiger partial charge < -0.3 is 15.8 Å². The van der Waals surface area contributed by atoms with Crippen LogP contribution >= 0.6 is 0 Å². The SMILES string of the molecule is Cc1ccccc1CC(N)CNC(=O)OC(C)(C)C. The molecule has 0 radical (unpaired) electrons. The van der Waals surface area contributed by atoms with Gasteiger partial charge in [-0.3, -0.25) is 0 Å². The highest BCUT2D eigenvalue weighted by atomic mass is 16.6. The second kappa shape index (κ2) is 6.57. The van der Waals surface area contributed by atoms with Gasteiger partial charge in [-0.2, -0.15) is 0 Å². The summed E-state index contributed by atoms with van der Waals surface area (Å²) in [6.07, 6.45) is 0.315. The Morgan fingerprint density at radius 1 is 1.37 bits per heavy atom. The minimum atomic E-state index is -0.482. The zero-order chi connectivity index (χ0) is 14.5. The minimum Gasteiger partial charge on any atom is -0.444 e. The Hall–Kier alpha value is -1.55. The van der Waals surface area contributed by atoms with Crippen LogP contribution in [-0.2, 0) is 11.2 Å². The Morgan fingerprint density at radius 3 is 2.58 bits per heavy atom. The normalized spacial score (nSPS) is 12.9. The highest BCUT2D eigenvalue weighted by Crippen LogP contribution is 2.09. The average Bonchev–Trinajstić information content (AvgIpc) is 2.27. The van der Waals surface area contributed by atoms with Gasteiger partial charge >= 0.3 is 6.09 Å². The first-order valence-corrected chi connectivity index (χ1v) is 6.55. The summed E-state index contributed by atoms with van der Waals surface area (Å²) in [5, 5.41) is 2.69. The molecule has 0 bridgehead atoms. The molecule has 106 valence electrons. The van der Waals surface area contributed by atoms with Gasteiger partial charge in [-0.1, -0.05) is 24.3 Å². The van der Waals surface area contributed by atoms with Crippen LogP contribution in [0, 0.1) is 6.92 Å². The molecule has 0 heterocycles. The fraction of sp³-hybridized carbons (Fsp3) is 0.533. The molecule has 0 spiro atoms. The second-order valence-electron chi connectivity index (χ2n) is 5.77. The number of rotatable bonds is 4. The summed E-state index contributed by atoms with van der Waals surface area (Å²) in [6.45, 7) is 7.96. The number of hydrogen-bond donors (Lipinski definition) is 2. The fourth-order valence-corrected chi connectivity index (χ4v) is 1.72. The van der Waals surface area contributed by atoms with Gasteiger partial charge in [0.2, 0.25) is 0 Å². The van der Waals surface area contributed by atoms with Crippen molar-refractivity contribution < 1.29 is 9.53 Å². The zero-order valence-electron chi connectivity index (χ0n) is 12.2. The molecular weight excluding hydrogens is 240 g/mol. The van der Waals surface area contributed by atoms with Crippen molar-refractivity contribution in [2.45, 2.75) is 45.8 Å². The summed E-state index contributed by atoms with van der Waals surface area (Å²) >= 11 is 0. The van der Waals surface area contributed by atoms with Gasteiger partial charge in [0.05, 0.1) is 0 Å². The van der Waals surface area contributed by atoms with Crippen molar-refractivity contribution in [2.24, 2.45) is 5.73 Å². The first-order valence-electron chi connectivity index (χ1n) is 6.55. The zero-order valence-corrected chi connectivity index (χ0v) is 12.2. The van der Waals surface area contributed by atoms with Crippen LogP contribution < -0.4 is 11.1 Å². The van der Waals surface area contributed by atoms with Crippen LogP contribution in [-0.4, -0.2) is 24.3 Å². The maximum Gasteiger partial charge on any atom is 0.407 e. The van der Waals surface area contributed by atoms with E-state index >= 15 is 0 Å². The topological polar surface area (TPSA) is 64.3 Å². The van der Waals surface area contributed by atoms with Crippen LogP contribution in [0.3, 0.4) is 0 Å². The van der Waals surface area contributed by atoms with Gasteiger partial charge in [-0.15, -0.1) is 0 Å². The Kier molecular flexibility index (Phi) is 5.36. The largest absolute Gasteiger partial charge is 0.444 e. The monoisotopic (exact) mass is 264 g/mol. The van der Waals surface area contributed by atoms with E-state index in [-0.39, 0.29) is 6.04 Å². The van der Waals surface area contributed by atoms with Gasteiger partial charge in [0.1, 0.15) is 5.60 Å². The summed E-state index contributed by atoms with van der Waals surface area (Å²) < 4.78 is 5.16. The molecule has 0 fully saturated rings. The van der Waals surface area contributed by atoms with Crippen LogP contribution in [0.15, 0.2) is 24.3 Å². The van der Waals surface area contributed by atoms with Crippen molar-refractivity contribution in [2.75, 3.05) is 6.54 Å². The molecule has 0 aromatic heterocycles. The number of aryl methyl sites for hydroxylation is 1. The van der Waals surface area contributed by atoms with E-state index < -0.39 is 11.7 Å². The predicted octanol–water partition coefficient (Wildman–Crippen LogP) is 2.39. The first-order chi connectivity index (χ1) is 8.78. The third-order valence-electron chi connectivity index (χ3n) is 2.65. The van der Waals surface area contributed by atoms with E-state index in [1.54, 1.807) is 0 Å². The van der Waals surface area contributed by atoms with Gasteiger partial charge in [-0.25, -0.2) is 4.79 Å². The van der Waals surface area contributed by atoms with Crippen molar-refractivity contribution in [3.63, 3.8) is 0 Å². The maximum atomic E-state index is 11.5. The van der Waals surface area contributed by atoms with Gasteiger partial charge in [0.25, 0.3) is 0 Å².